The van der Waals surface area contributed by atoms with Gasteiger partial charge in [-0.2, -0.15) is 10.2 Å². The molecule has 0 radical (unpaired) electrons. The van der Waals surface area contributed by atoms with Gasteiger partial charge in [0.25, 0.3) is 5.56 Å². The third kappa shape index (κ3) is 4.18. The molecule has 0 unspecified atom stereocenters. The number of carbonyl (C=O) groups excluding carboxylic acids is 1. The minimum Gasteiger partial charge on any atom is -0.497 e. The SMILES string of the molecule is CCc1cccc(NC(=O)Cn2nc(C)n3nc(-c4ccc(OC)cc4)cc3c2=O)c1. The van der Waals surface area contributed by atoms with E-state index in [1.165, 1.54) is 9.20 Å². The molecule has 0 aliphatic rings. The van der Waals surface area contributed by atoms with Gasteiger partial charge >= 0.3 is 0 Å². The van der Waals surface area contributed by atoms with Crippen molar-refractivity contribution in [2.45, 2.75) is 26.8 Å². The summed E-state index contributed by atoms with van der Waals surface area (Å²) >= 11 is 0. The van der Waals surface area contributed by atoms with E-state index in [9.17, 15) is 9.59 Å². The van der Waals surface area contributed by atoms with Gasteiger partial charge in [-0.15, -0.1) is 0 Å². The van der Waals surface area contributed by atoms with Crippen molar-refractivity contribution in [3.05, 3.63) is 76.3 Å². The van der Waals surface area contributed by atoms with E-state index in [0.29, 0.717) is 22.7 Å². The molecule has 2 aromatic carbocycles. The van der Waals surface area contributed by atoms with Gasteiger partial charge in [0.05, 0.1) is 12.8 Å². The van der Waals surface area contributed by atoms with Gasteiger partial charge in [0.1, 0.15) is 23.6 Å². The number of hydrogen-bond donors (Lipinski definition) is 1. The summed E-state index contributed by atoms with van der Waals surface area (Å²) in [5.41, 5.74) is 3.29. The fourth-order valence-electron chi connectivity index (χ4n) is 3.39. The number of aromatic nitrogens is 4. The van der Waals surface area contributed by atoms with Crippen LogP contribution in [0.25, 0.3) is 16.8 Å². The maximum Gasteiger partial charge on any atom is 0.293 e. The molecule has 0 aliphatic carbocycles. The standard InChI is InChI=1S/C23H23N5O3/c1-4-16-6-5-7-18(12-16)24-22(29)14-27-23(30)21-13-20(26-28(21)15(2)25-27)17-8-10-19(31-3)11-9-17/h5-13H,4,14H2,1-3H3,(H,24,29). The molecule has 2 aromatic heterocycles. The van der Waals surface area contributed by atoms with E-state index in [1.807, 2.05) is 55.5 Å². The Bertz CT molecular complexity index is 1310. The molecule has 4 aromatic rings. The minimum absolute atomic E-state index is 0.185. The molecule has 1 amide bonds. The summed E-state index contributed by atoms with van der Waals surface area (Å²) in [5.74, 6) is 0.930. The van der Waals surface area contributed by atoms with Crippen LogP contribution in [-0.4, -0.2) is 32.4 Å². The zero-order valence-electron chi connectivity index (χ0n) is 17.6. The third-order valence-corrected chi connectivity index (χ3v) is 5.03. The van der Waals surface area contributed by atoms with Crippen LogP contribution in [0.3, 0.4) is 0 Å². The number of rotatable bonds is 6. The van der Waals surface area contributed by atoms with Crippen molar-refractivity contribution < 1.29 is 9.53 Å². The molecule has 8 heteroatoms. The minimum atomic E-state index is -0.379. The first-order chi connectivity index (χ1) is 15.0. The van der Waals surface area contributed by atoms with E-state index >= 15 is 0 Å². The average molecular weight is 417 g/mol. The Balaban J connectivity index is 1.62. The monoisotopic (exact) mass is 417 g/mol. The van der Waals surface area contributed by atoms with Crippen LogP contribution in [0.1, 0.15) is 18.3 Å². The van der Waals surface area contributed by atoms with Crippen LogP contribution in [0, 0.1) is 6.92 Å². The Hall–Kier alpha value is -3.94. The van der Waals surface area contributed by atoms with Crippen molar-refractivity contribution in [3.63, 3.8) is 0 Å². The average Bonchev–Trinajstić information content (AvgIpc) is 3.24. The number of nitrogens with zero attached hydrogens (tertiary/aromatic N) is 4. The Morgan fingerprint density at radius 1 is 1.10 bits per heavy atom. The zero-order valence-corrected chi connectivity index (χ0v) is 17.6. The van der Waals surface area contributed by atoms with Crippen LogP contribution < -0.4 is 15.6 Å². The summed E-state index contributed by atoms with van der Waals surface area (Å²) in [4.78, 5) is 25.5. The van der Waals surface area contributed by atoms with Crippen molar-refractivity contribution in [2.24, 2.45) is 0 Å². The molecule has 0 spiro atoms. The number of fused-ring (bicyclic) bond motifs is 1. The number of methoxy groups -OCH3 is 1. The summed E-state index contributed by atoms with van der Waals surface area (Å²) in [5, 5.41) is 11.6. The van der Waals surface area contributed by atoms with Gasteiger partial charge in [-0.05, 0) is 61.4 Å². The van der Waals surface area contributed by atoms with Gasteiger partial charge in [-0.1, -0.05) is 19.1 Å². The van der Waals surface area contributed by atoms with E-state index in [1.54, 1.807) is 20.1 Å². The van der Waals surface area contributed by atoms with Crippen LogP contribution in [0.2, 0.25) is 0 Å². The normalized spacial score (nSPS) is 10.9. The first-order valence-corrected chi connectivity index (χ1v) is 9.99. The number of ether oxygens (including phenoxy) is 1. The number of aryl methyl sites for hydroxylation is 2. The number of amides is 1. The second-order valence-electron chi connectivity index (χ2n) is 7.17. The second kappa shape index (κ2) is 8.43. The lowest BCUT2D eigenvalue weighted by Gasteiger charge is -2.09. The fraction of sp³-hybridized carbons (Fsp3) is 0.217. The Labute approximate surface area is 179 Å². The number of nitrogens with one attached hydrogen (secondary N) is 1. The summed E-state index contributed by atoms with van der Waals surface area (Å²) in [6.07, 6.45) is 0.873. The maximum absolute atomic E-state index is 13.0. The third-order valence-electron chi connectivity index (χ3n) is 5.03. The molecular weight excluding hydrogens is 394 g/mol. The highest BCUT2D eigenvalue weighted by Crippen LogP contribution is 2.22. The first kappa shape index (κ1) is 20.3. The predicted octanol–water partition coefficient (Wildman–Crippen LogP) is 3.08. The molecule has 0 saturated carbocycles. The predicted molar refractivity (Wildman–Crippen MR) is 118 cm³/mol. The highest BCUT2D eigenvalue weighted by molar-refractivity contribution is 5.90. The van der Waals surface area contributed by atoms with E-state index in [-0.39, 0.29) is 18.0 Å². The topological polar surface area (TPSA) is 90.5 Å². The highest BCUT2D eigenvalue weighted by Gasteiger charge is 2.15. The lowest BCUT2D eigenvalue weighted by molar-refractivity contribution is -0.117. The van der Waals surface area contributed by atoms with Gasteiger partial charge in [-0.25, -0.2) is 9.20 Å². The molecule has 0 fully saturated rings. The van der Waals surface area contributed by atoms with Crippen LogP contribution in [0.4, 0.5) is 5.69 Å². The summed E-state index contributed by atoms with van der Waals surface area (Å²) in [7, 11) is 1.61. The molecule has 8 nitrogen and oxygen atoms in total. The number of carbonyl (C=O) groups is 1. The lowest BCUT2D eigenvalue weighted by Crippen LogP contribution is -2.31. The number of benzene rings is 2. The molecule has 0 bridgehead atoms. The fourth-order valence-corrected chi connectivity index (χ4v) is 3.39. The lowest BCUT2D eigenvalue weighted by atomic mass is 10.1. The van der Waals surface area contributed by atoms with E-state index in [4.69, 9.17) is 4.74 Å². The quantitative estimate of drug-likeness (QED) is 0.521. The van der Waals surface area contributed by atoms with E-state index in [0.717, 1.165) is 23.3 Å². The Morgan fingerprint density at radius 3 is 2.58 bits per heavy atom. The van der Waals surface area contributed by atoms with Gasteiger partial charge < -0.3 is 10.1 Å². The van der Waals surface area contributed by atoms with Crippen LogP contribution in [0.5, 0.6) is 5.75 Å². The van der Waals surface area contributed by atoms with E-state index in [2.05, 4.69) is 15.5 Å². The van der Waals surface area contributed by atoms with Crippen molar-refractivity contribution in [1.29, 1.82) is 0 Å². The highest BCUT2D eigenvalue weighted by atomic mass is 16.5. The van der Waals surface area contributed by atoms with Crippen molar-refractivity contribution in [2.75, 3.05) is 12.4 Å². The summed E-state index contributed by atoms with van der Waals surface area (Å²) in [6, 6.07) is 16.8. The Morgan fingerprint density at radius 2 is 1.87 bits per heavy atom. The number of anilines is 1. The largest absolute Gasteiger partial charge is 0.497 e. The first-order valence-electron chi connectivity index (χ1n) is 9.99. The summed E-state index contributed by atoms with van der Waals surface area (Å²) in [6.45, 7) is 3.61. The molecule has 2 heterocycles. The maximum atomic E-state index is 13.0. The van der Waals surface area contributed by atoms with Crippen molar-refractivity contribution in [1.82, 2.24) is 19.4 Å². The van der Waals surface area contributed by atoms with Gasteiger partial charge in [0.15, 0.2) is 0 Å². The number of hydrogen-bond acceptors (Lipinski definition) is 5. The van der Waals surface area contributed by atoms with Crippen LogP contribution in [-0.2, 0) is 17.8 Å². The molecule has 4 rings (SSSR count). The smallest absolute Gasteiger partial charge is 0.293 e. The van der Waals surface area contributed by atoms with Crippen molar-refractivity contribution >= 4 is 17.1 Å². The molecule has 0 aliphatic heterocycles. The van der Waals surface area contributed by atoms with E-state index < -0.39 is 0 Å². The molecular formula is C23H23N5O3. The molecule has 158 valence electrons. The van der Waals surface area contributed by atoms with Gasteiger partial charge in [0.2, 0.25) is 5.91 Å². The van der Waals surface area contributed by atoms with Gasteiger partial charge in [0, 0.05) is 11.3 Å². The summed E-state index contributed by atoms with van der Waals surface area (Å²) < 4.78 is 7.85. The van der Waals surface area contributed by atoms with Crippen LogP contribution in [0.15, 0.2) is 59.4 Å². The molecule has 0 saturated heterocycles. The van der Waals surface area contributed by atoms with Gasteiger partial charge in [-0.3, -0.25) is 9.59 Å². The molecule has 31 heavy (non-hydrogen) atoms. The van der Waals surface area contributed by atoms with Crippen LogP contribution >= 0.6 is 0 Å². The molecule has 1 N–H and O–H groups in total. The second-order valence-corrected chi connectivity index (χ2v) is 7.17. The van der Waals surface area contributed by atoms with Crippen molar-refractivity contribution in [3.8, 4) is 17.0 Å². The Kier molecular flexibility index (Phi) is 5.53. The zero-order chi connectivity index (χ0) is 22.0. The molecule has 0 atom stereocenters.